The summed E-state index contributed by atoms with van der Waals surface area (Å²) in [5.74, 6) is -1.02. The molecule has 7 heteroatoms. The molecule has 2 aromatic carbocycles. The molecule has 1 aliphatic rings. The fourth-order valence-corrected chi connectivity index (χ4v) is 2.28. The topological polar surface area (TPSA) is 93.4 Å². The zero-order chi connectivity index (χ0) is 15.0. The molecule has 0 atom stereocenters. The number of hydrazone groups is 1. The number of phenolic OH excluding ortho intramolecular Hbond substituents is 1. The van der Waals surface area contributed by atoms with E-state index in [4.69, 9.17) is 0 Å². The Bertz CT molecular complexity index is 748. The Labute approximate surface area is 120 Å². The molecule has 6 nitrogen and oxygen atoms in total. The number of nitrogens with zero attached hydrogens (tertiary/aromatic N) is 2. The lowest BCUT2D eigenvalue weighted by atomic mass is 9.69. The largest absolute Gasteiger partial charge is 0.508 e. The standard InChI is InChI=1S/C14H11BN2O4/c18-10-5-6-12-9(7-10)8-16-17(15(12)21)13-4-2-1-3-11(13)14(19)20/h1-8,18,21H,(H,19,20). The summed E-state index contributed by atoms with van der Waals surface area (Å²) < 4.78 is 0. The predicted octanol–water partition coefficient (Wildman–Crippen LogP) is 0.632. The number of benzene rings is 2. The number of aromatic hydroxyl groups is 1. The summed E-state index contributed by atoms with van der Waals surface area (Å²) in [7, 11) is -1.12. The number of rotatable bonds is 2. The number of para-hydroxylation sites is 1. The van der Waals surface area contributed by atoms with Crippen LogP contribution < -0.4 is 10.4 Å². The maximum absolute atomic E-state index is 11.3. The van der Waals surface area contributed by atoms with Crippen LogP contribution in [0.2, 0.25) is 0 Å². The van der Waals surface area contributed by atoms with Gasteiger partial charge < -0.3 is 15.2 Å². The third-order valence-corrected chi connectivity index (χ3v) is 3.28. The molecule has 0 saturated heterocycles. The Balaban J connectivity index is 2.07. The number of hydrogen-bond acceptors (Lipinski definition) is 5. The van der Waals surface area contributed by atoms with Crippen LogP contribution in [0.15, 0.2) is 47.6 Å². The minimum Gasteiger partial charge on any atom is -0.508 e. The van der Waals surface area contributed by atoms with Gasteiger partial charge in [0.1, 0.15) is 5.75 Å². The van der Waals surface area contributed by atoms with Crippen molar-refractivity contribution in [3.8, 4) is 5.75 Å². The summed E-state index contributed by atoms with van der Waals surface area (Å²) >= 11 is 0. The van der Waals surface area contributed by atoms with Crippen molar-refractivity contribution in [3.05, 3.63) is 53.6 Å². The molecule has 0 fully saturated rings. The Hall–Kier alpha value is -2.80. The Morgan fingerprint density at radius 2 is 1.95 bits per heavy atom. The fourth-order valence-electron chi connectivity index (χ4n) is 2.28. The van der Waals surface area contributed by atoms with E-state index in [0.29, 0.717) is 16.7 Å². The zero-order valence-electron chi connectivity index (χ0n) is 10.8. The highest BCUT2D eigenvalue weighted by Gasteiger charge is 2.32. The maximum Gasteiger partial charge on any atom is 0.471 e. The van der Waals surface area contributed by atoms with E-state index in [2.05, 4.69) is 5.10 Å². The first kappa shape index (κ1) is 13.2. The average molecular weight is 282 g/mol. The summed E-state index contributed by atoms with van der Waals surface area (Å²) in [6, 6.07) is 10.8. The predicted molar refractivity (Wildman–Crippen MR) is 79.2 cm³/mol. The van der Waals surface area contributed by atoms with E-state index < -0.39 is 13.0 Å². The van der Waals surface area contributed by atoms with Crippen molar-refractivity contribution in [2.45, 2.75) is 0 Å². The molecule has 0 spiro atoms. The van der Waals surface area contributed by atoms with Gasteiger partial charge in [0, 0.05) is 0 Å². The molecule has 104 valence electrons. The van der Waals surface area contributed by atoms with E-state index in [1.165, 1.54) is 29.3 Å². The molecule has 0 radical (unpaired) electrons. The maximum atomic E-state index is 11.3. The van der Waals surface area contributed by atoms with E-state index in [1.807, 2.05) is 0 Å². The normalized spacial score (nSPS) is 13.2. The SMILES string of the molecule is O=C(O)c1ccccc1N1N=Cc2cc(O)ccc2B1O. The third-order valence-electron chi connectivity index (χ3n) is 3.28. The first-order valence-electron chi connectivity index (χ1n) is 6.24. The van der Waals surface area contributed by atoms with Gasteiger partial charge in [0.2, 0.25) is 0 Å². The van der Waals surface area contributed by atoms with Crippen LogP contribution in [0.5, 0.6) is 5.75 Å². The Kier molecular flexibility index (Phi) is 3.11. The number of fused-ring (bicyclic) bond motifs is 1. The molecule has 3 N–H and O–H groups in total. The van der Waals surface area contributed by atoms with Gasteiger partial charge in [-0.05, 0) is 35.3 Å². The summed E-state index contributed by atoms with van der Waals surface area (Å²) in [6.07, 6.45) is 1.47. The second-order valence-electron chi connectivity index (χ2n) is 4.60. The minimum atomic E-state index is -1.12. The van der Waals surface area contributed by atoms with Crippen molar-refractivity contribution in [2.24, 2.45) is 5.10 Å². The van der Waals surface area contributed by atoms with Crippen molar-refractivity contribution in [3.63, 3.8) is 0 Å². The van der Waals surface area contributed by atoms with E-state index >= 15 is 0 Å². The molecule has 2 aromatic rings. The molecular formula is C14H11BN2O4. The van der Waals surface area contributed by atoms with Crippen LogP contribution in [0.4, 0.5) is 5.69 Å². The molecule has 3 rings (SSSR count). The van der Waals surface area contributed by atoms with Crippen LogP contribution >= 0.6 is 0 Å². The highest BCUT2D eigenvalue weighted by atomic mass is 16.4. The fraction of sp³-hybridized carbons (Fsp3) is 0. The van der Waals surface area contributed by atoms with Gasteiger partial charge in [0.25, 0.3) is 0 Å². The monoisotopic (exact) mass is 282 g/mol. The summed E-state index contributed by atoms with van der Waals surface area (Å²) in [5, 5.41) is 33.2. The van der Waals surface area contributed by atoms with Crippen molar-refractivity contribution in [2.75, 3.05) is 4.92 Å². The molecule has 21 heavy (non-hydrogen) atoms. The van der Waals surface area contributed by atoms with E-state index in [0.717, 1.165) is 0 Å². The van der Waals surface area contributed by atoms with Crippen LogP contribution in [-0.4, -0.2) is 34.5 Å². The van der Waals surface area contributed by atoms with Gasteiger partial charge in [-0.25, -0.2) is 4.79 Å². The van der Waals surface area contributed by atoms with Crippen LogP contribution in [-0.2, 0) is 0 Å². The minimum absolute atomic E-state index is 0.0518. The lowest BCUT2D eigenvalue weighted by molar-refractivity contribution is 0.0697. The van der Waals surface area contributed by atoms with Gasteiger partial charge in [-0.1, -0.05) is 18.2 Å². The van der Waals surface area contributed by atoms with E-state index in [9.17, 15) is 20.0 Å². The first-order valence-corrected chi connectivity index (χ1v) is 6.24. The van der Waals surface area contributed by atoms with Crippen molar-refractivity contribution in [1.29, 1.82) is 0 Å². The number of hydrogen-bond donors (Lipinski definition) is 3. The Morgan fingerprint density at radius 3 is 2.71 bits per heavy atom. The molecule has 1 heterocycles. The lowest BCUT2D eigenvalue weighted by Crippen LogP contribution is -2.50. The summed E-state index contributed by atoms with van der Waals surface area (Å²) in [5.41, 5.74) is 1.48. The van der Waals surface area contributed by atoms with Crippen LogP contribution in [0.3, 0.4) is 0 Å². The van der Waals surface area contributed by atoms with Gasteiger partial charge in [0.15, 0.2) is 0 Å². The second kappa shape index (κ2) is 4.95. The number of aromatic carboxylic acids is 1. The van der Waals surface area contributed by atoms with Crippen LogP contribution in [0, 0.1) is 0 Å². The van der Waals surface area contributed by atoms with Gasteiger partial charge in [-0.15, -0.1) is 0 Å². The van der Waals surface area contributed by atoms with Crippen LogP contribution in [0.1, 0.15) is 15.9 Å². The highest BCUT2D eigenvalue weighted by Crippen LogP contribution is 2.24. The lowest BCUT2D eigenvalue weighted by Gasteiger charge is -2.27. The molecule has 0 bridgehead atoms. The summed E-state index contributed by atoms with van der Waals surface area (Å²) in [6.45, 7) is 0. The molecular weight excluding hydrogens is 271 g/mol. The molecule has 0 saturated carbocycles. The van der Waals surface area contributed by atoms with Gasteiger partial charge in [-0.3, -0.25) is 4.92 Å². The number of carbonyl (C=O) groups is 1. The van der Waals surface area contributed by atoms with Gasteiger partial charge in [-0.2, -0.15) is 5.10 Å². The van der Waals surface area contributed by atoms with Gasteiger partial charge in [0.05, 0.1) is 17.5 Å². The highest BCUT2D eigenvalue weighted by molar-refractivity contribution is 6.71. The average Bonchev–Trinajstić information content (AvgIpc) is 2.47. The number of carboxylic acid groups (broad SMARTS) is 1. The molecule has 0 aromatic heterocycles. The number of carboxylic acids is 1. The first-order chi connectivity index (χ1) is 10.1. The van der Waals surface area contributed by atoms with Crippen molar-refractivity contribution < 1.29 is 20.0 Å². The third kappa shape index (κ3) is 2.23. The molecule has 0 unspecified atom stereocenters. The smallest absolute Gasteiger partial charge is 0.471 e. The quantitative estimate of drug-likeness (QED) is 0.702. The van der Waals surface area contributed by atoms with E-state index in [1.54, 1.807) is 24.3 Å². The Morgan fingerprint density at radius 1 is 1.19 bits per heavy atom. The number of phenols is 1. The summed E-state index contributed by atoms with van der Waals surface area (Å²) in [4.78, 5) is 12.5. The van der Waals surface area contributed by atoms with Crippen LogP contribution in [0.25, 0.3) is 0 Å². The molecule has 0 amide bonds. The number of anilines is 1. The van der Waals surface area contributed by atoms with E-state index in [-0.39, 0.29) is 11.3 Å². The van der Waals surface area contributed by atoms with Crippen molar-refractivity contribution in [1.82, 2.24) is 0 Å². The molecule has 0 aliphatic carbocycles. The zero-order valence-corrected chi connectivity index (χ0v) is 10.8. The molecule has 1 aliphatic heterocycles. The second-order valence-corrected chi connectivity index (χ2v) is 4.60. The van der Waals surface area contributed by atoms with Crippen molar-refractivity contribution >= 4 is 30.4 Å². The van der Waals surface area contributed by atoms with Gasteiger partial charge >= 0.3 is 13.0 Å².